The Morgan fingerprint density at radius 3 is 3.08 bits per heavy atom. The van der Waals surface area contributed by atoms with Crippen LogP contribution in [0.25, 0.3) is 0 Å². The molecule has 2 rings (SSSR count). The number of hydrogen-bond acceptors (Lipinski definition) is 4. The summed E-state index contributed by atoms with van der Waals surface area (Å²) in [6.45, 7) is 1.61. The van der Waals surface area contributed by atoms with Gasteiger partial charge in [0.1, 0.15) is 5.82 Å². The van der Waals surface area contributed by atoms with Crippen molar-refractivity contribution in [1.82, 2.24) is 9.99 Å². The number of anilines is 1. The minimum atomic E-state index is 0.573. The van der Waals surface area contributed by atoms with Crippen LogP contribution in [-0.4, -0.2) is 16.5 Å². The van der Waals surface area contributed by atoms with Gasteiger partial charge in [0.15, 0.2) is 0 Å². The van der Waals surface area contributed by atoms with Crippen LogP contribution in [-0.2, 0) is 13.0 Å². The number of hydrazine groups is 1. The SMILES string of the molecule is Nc1ccc2c(n1)CN(N)CC2. The van der Waals surface area contributed by atoms with Crippen molar-refractivity contribution in [2.24, 2.45) is 5.84 Å². The highest BCUT2D eigenvalue weighted by Gasteiger charge is 2.14. The average Bonchev–Trinajstić information content (AvgIpc) is 2.03. The van der Waals surface area contributed by atoms with Gasteiger partial charge in [-0.1, -0.05) is 6.07 Å². The van der Waals surface area contributed by atoms with E-state index in [1.165, 1.54) is 5.56 Å². The van der Waals surface area contributed by atoms with E-state index in [0.717, 1.165) is 18.7 Å². The summed E-state index contributed by atoms with van der Waals surface area (Å²) in [4.78, 5) is 4.22. The average molecular weight is 164 g/mol. The van der Waals surface area contributed by atoms with Gasteiger partial charge in [-0.05, 0) is 18.1 Å². The van der Waals surface area contributed by atoms with Gasteiger partial charge in [0.05, 0.1) is 12.2 Å². The van der Waals surface area contributed by atoms with Gasteiger partial charge < -0.3 is 5.73 Å². The van der Waals surface area contributed by atoms with E-state index in [9.17, 15) is 0 Å². The van der Waals surface area contributed by atoms with Crippen LogP contribution in [0.3, 0.4) is 0 Å². The van der Waals surface area contributed by atoms with E-state index in [2.05, 4.69) is 4.98 Å². The molecule has 4 N–H and O–H groups in total. The molecule has 0 unspecified atom stereocenters. The molecule has 0 fully saturated rings. The van der Waals surface area contributed by atoms with Crippen molar-refractivity contribution >= 4 is 5.82 Å². The number of nitrogen functional groups attached to an aromatic ring is 1. The number of nitrogens with two attached hydrogens (primary N) is 2. The van der Waals surface area contributed by atoms with Crippen LogP contribution in [0.1, 0.15) is 11.3 Å². The molecule has 0 aromatic carbocycles. The Kier molecular flexibility index (Phi) is 1.71. The van der Waals surface area contributed by atoms with Crippen molar-refractivity contribution in [3.8, 4) is 0 Å². The number of aromatic nitrogens is 1. The topological polar surface area (TPSA) is 68.2 Å². The maximum atomic E-state index is 5.65. The van der Waals surface area contributed by atoms with Crippen molar-refractivity contribution in [2.45, 2.75) is 13.0 Å². The van der Waals surface area contributed by atoms with Crippen molar-refractivity contribution in [1.29, 1.82) is 0 Å². The van der Waals surface area contributed by atoms with Gasteiger partial charge >= 0.3 is 0 Å². The molecule has 4 nitrogen and oxygen atoms in total. The molecular formula is C8H12N4. The second kappa shape index (κ2) is 2.73. The summed E-state index contributed by atoms with van der Waals surface area (Å²) in [5.41, 5.74) is 7.84. The fourth-order valence-electron chi connectivity index (χ4n) is 1.45. The highest BCUT2D eigenvalue weighted by atomic mass is 15.4. The lowest BCUT2D eigenvalue weighted by atomic mass is 10.1. The first kappa shape index (κ1) is 7.52. The Morgan fingerprint density at radius 1 is 1.42 bits per heavy atom. The van der Waals surface area contributed by atoms with Crippen LogP contribution in [0.4, 0.5) is 5.82 Å². The van der Waals surface area contributed by atoms with Crippen molar-refractivity contribution in [3.63, 3.8) is 0 Å². The lowest BCUT2D eigenvalue weighted by Crippen LogP contribution is -2.36. The minimum absolute atomic E-state index is 0.573. The highest BCUT2D eigenvalue weighted by Crippen LogP contribution is 2.15. The fraction of sp³-hybridized carbons (Fsp3) is 0.375. The smallest absolute Gasteiger partial charge is 0.123 e. The Morgan fingerprint density at radius 2 is 2.25 bits per heavy atom. The molecule has 0 atom stereocenters. The molecule has 0 amide bonds. The zero-order valence-corrected chi connectivity index (χ0v) is 6.83. The maximum Gasteiger partial charge on any atom is 0.123 e. The van der Waals surface area contributed by atoms with Crippen LogP contribution in [0.15, 0.2) is 12.1 Å². The molecule has 1 aromatic rings. The van der Waals surface area contributed by atoms with E-state index < -0.39 is 0 Å². The van der Waals surface area contributed by atoms with Gasteiger partial charge in [-0.15, -0.1) is 0 Å². The third kappa shape index (κ3) is 1.26. The number of hydrogen-bond donors (Lipinski definition) is 2. The van der Waals surface area contributed by atoms with Crippen LogP contribution >= 0.6 is 0 Å². The molecule has 0 saturated heterocycles. The number of fused-ring (bicyclic) bond motifs is 1. The third-order valence-corrected chi connectivity index (χ3v) is 2.11. The first-order chi connectivity index (χ1) is 5.75. The molecule has 1 aromatic heterocycles. The summed E-state index contributed by atoms with van der Waals surface area (Å²) in [5.74, 6) is 6.23. The standard InChI is InChI=1S/C8H12N4/c9-8-2-1-6-3-4-12(10)5-7(6)11-8/h1-2H,3-5,10H2,(H2,9,11). The van der Waals surface area contributed by atoms with Crippen LogP contribution in [0, 0.1) is 0 Å². The van der Waals surface area contributed by atoms with Gasteiger partial charge in [-0.2, -0.15) is 0 Å². The lowest BCUT2D eigenvalue weighted by Gasteiger charge is -2.23. The van der Waals surface area contributed by atoms with E-state index in [1.54, 1.807) is 5.01 Å². The van der Waals surface area contributed by atoms with Gasteiger partial charge in [-0.3, -0.25) is 5.84 Å². The van der Waals surface area contributed by atoms with Crippen molar-refractivity contribution in [2.75, 3.05) is 12.3 Å². The molecule has 4 heteroatoms. The predicted molar refractivity (Wildman–Crippen MR) is 47.0 cm³/mol. The summed E-state index contributed by atoms with van der Waals surface area (Å²) in [5, 5.41) is 1.76. The minimum Gasteiger partial charge on any atom is -0.384 e. The molecule has 0 radical (unpaired) electrons. The van der Waals surface area contributed by atoms with E-state index >= 15 is 0 Å². The van der Waals surface area contributed by atoms with Crippen molar-refractivity contribution < 1.29 is 0 Å². The first-order valence-corrected chi connectivity index (χ1v) is 3.99. The third-order valence-electron chi connectivity index (χ3n) is 2.11. The zero-order chi connectivity index (χ0) is 8.55. The van der Waals surface area contributed by atoms with E-state index in [-0.39, 0.29) is 0 Å². The number of nitrogens with zero attached hydrogens (tertiary/aromatic N) is 2. The Balaban J connectivity index is 2.37. The van der Waals surface area contributed by atoms with E-state index in [0.29, 0.717) is 12.4 Å². The molecule has 1 aliphatic heterocycles. The summed E-state index contributed by atoms with van der Waals surface area (Å²) >= 11 is 0. The fourth-order valence-corrected chi connectivity index (χ4v) is 1.45. The summed E-state index contributed by atoms with van der Waals surface area (Å²) in [7, 11) is 0. The van der Waals surface area contributed by atoms with Crippen LogP contribution < -0.4 is 11.6 Å². The maximum absolute atomic E-state index is 5.65. The molecule has 2 heterocycles. The Labute approximate surface area is 71.1 Å². The second-order valence-electron chi connectivity index (χ2n) is 3.06. The Hall–Kier alpha value is -1.13. The van der Waals surface area contributed by atoms with Crippen molar-refractivity contribution in [3.05, 3.63) is 23.4 Å². The van der Waals surface area contributed by atoms with Crippen LogP contribution in [0.5, 0.6) is 0 Å². The molecule has 0 aliphatic carbocycles. The molecule has 64 valence electrons. The van der Waals surface area contributed by atoms with Gasteiger partial charge in [0, 0.05) is 6.54 Å². The number of rotatable bonds is 0. The molecular weight excluding hydrogens is 152 g/mol. The first-order valence-electron chi connectivity index (χ1n) is 3.99. The second-order valence-corrected chi connectivity index (χ2v) is 3.06. The van der Waals surface area contributed by atoms with E-state index in [1.807, 2.05) is 12.1 Å². The lowest BCUT2D eigenvalue weighted by molar-refractivity contribution is 0.258. The molecule has 0 spiro atoms. The summed E-state index contributed by atoms with van der Waals surface area (Å²) < 4.78 is 0. The predicted octanol–water partition coefficient (Wildman–Crippen LogP) is -0.104. The highest BCUT2D eigenvalue weighted by molar-refractivity contribution is 5.35. The van der Waals surface area contributed by atoms with Gasteiger partial charge in [0.25, 0.3) is 0 Å². The normalized spacial score (nSPS) is 17.4. The van der Waals surface area contributed by atoms with Gasteiger partial charge in [0.2, 0.25) is 0 Å². The molecule has 12 heavy (non-hydrogen) atoms. The molecule has 0 saturated carbocycles. The Bertz CT molecular complexity index is 297. The molecule has 1 aliphatic rings. The monoisotopic (exact) mass is 164 g/mol. The van der Waals surface area contributed by atoms with Gasteiger partial charge in [-0.25, -0.2) is 9.99 Å². The number of pyridine rings is 1. The zero-order valence-electron chi connectivity index (χ0n) is 6.83. The summed E-state index contributed by atoms with van der Waals surface area (Å²) in [6, 6.07) is 3.87. The largest absolute Gasteiger partial charge is 0.384 e. The van der Waals surface area contributed by atoms with E-state index in [4.69, 9.17) is 11.6 Å². The summed E-state index contributed by atoms with van der Waals surface area (Å²) in [6.07, 6.45) is 0.971. The quantitative estimate of drug-likeness (QED) is 0.525. The van der Waals surface area contributed by atoms with Crippen LogP contribution in [0.2, 0.25) is 0 Å². The molecule has 0 bridgehead atoms.